The monoisotopic (exact) mass is 330 g/mol. The molecular weight excluding hydrogens is 316 g/mol. The first-order valence-corrected chi connectivity index (χ1v) is 7.29. The predicted molar refractivity (Wildman–Crippen MR) is 84.9 cm³/mol. The normalized spacial score (nSPS) is 10.9. The van der Waals surface area contributed by atoms with Crippen LogP contribution in [0.2, 0.25) is 0 Å². The quantitative estimate of drug-likeness (QED) is 0.794. The van der Waals surface area contributed by atoms with E-state index in [1.165, 1.54) is 0 Å². The Labute approximate surface area is 126 Å². The van der Waals surface area contributed by atoms with E-state index in [4.69, 9.17) is 0 Å². The summed E-state index contributed by atoms with van der Waals surface area (Å²) in [6.45, 7) is 3.74. The molecule has 1 aromatic carbocycles. The van der Waals surface area contributed by atoms with Crippen LogP contribution in [0.3, 0.4) is 0 Å². The summed E-state index contributed by atoms with van der Waals surface area (Å²) in [7, 11) is 0. The summed E-state index contributed by atoms with van der Waals surface area (Å²) in [5, 5.41) is 4.57. The van der Waals surface area contributed by atoms with Gasteiger partial charge < -0.3 is 9.88 Å². The van der Waals surface area contributed by atoms with Gasteiger partial charge in [-0.15, -0.1) is 0 Å². The molecule has 4 nitrogen and oxygen atoms in total. The first-order chi connectivity index (χ1) is 9.74. The predicted octanol–water partition coefficient (Wildman–Crippen LogP) is 3.61. The molecule has 0 saturated heterocycles. The van der Waals surface area contributed by atoms with E-state index >= 15 is 0 Å². The molecule has 20 heavy (non-hydrogen) atoms. The fraction of sp³-hybridized carbons (Fsp3) is 0.200. The highest BCUT2D eigenvalue weighted by Crippen LogP contribution is 2.23. The molecule has 102 valence electrons. The van der Waals surface area contributed by atoms with Gasteiger partial charge in [0, 0.05) is 41.5 Å². The lowest BCUT2D eigenvalue weighted by molar-refractivity contribution is 0.701. The molecule has 0 bridgehead atoms. The average Bonchev–Trinajstić information content (AvgIpc) is 2.84. The second-order valence-corrected chi connectivity index (χ2v) is 5.54. The molecule has 0 radical (unpaired) electrons. The smallest absolute Gasteiger partial charge is 0.105 e. The Morgan fingerprint density at radius 3 is 3.00 bits per heavy atom. The summed E-state index contributed by atoms with van der Waals surface area (Å²) in [5.41, 5.74) is 2.06. The highest BCUT2D eigenvalue weighted by molar-refractivity contribution is 9.10. The van der Waals surface area contributed by atoms with Crippen LogP contribution in [0.5, 0.6) is 0 Å². The maximum absolute atomic E-state index is 4.49. The number of hydrogen-bond acceptors (Lipinski definition) is 3. The molecule has 5 heteroatoms. The molecule has 3 aromatic rings. The van der Waals surface area contributed by atoms with Crippen molar-refractivity contribution < 1.29 is 0 Å². The minimum absolute atomic E-state index is 0.841. The number of aryl methyl sites for hydroxylation is 1. The Morgan fingerprint density at radius 2 is 2.20 bits per heavy atom. The van der Waals surface area contributed by atoms with E-state index in [-0.39, 0.29) is 0 Å². The number of rotatable bonds is 4. The van der Waals surface area contributed by atoms with Gasteiger partial charge in [0.2, 0.25) is 0 Å². The van der Waals surface area contributed by atoms with E-state index in [2.05, 4.69) is 54.0 Å². The van der Waals surface area contributed by atoms with Crippen LogP contribution in [-0.4, -0.2) is 21.1 Å². The summed E-state index contributed by atoms with van der Waals surface area (Å²) in [5.74, 6) is 1.03. The number of anilines is 1. The highest BCUT2D eigenvalue weighted by Gasteiger charge is 2.03. The van der Waals surface area contributed by atoms with Crippen LogP contribution >= 0.6 is 15.9 Å². The van der Waals surface area contributed by atoms with Crippen LogP contribution in [0.25, 0.3) is 10.9 Å². The molecule has 0 spiro atoms. The average molecular weight is 331 g/mol. The van der Waals surface area contributed by atoms with Gasteiger partial charge in [0.15, 0.2) is 0 Å². The van der Waals surface area contributed by atoms with Crippen molar-refractivity contribution in [2.75, 3.05) is 11.9 Å². The minimum Gasteiger partial charge on any atom is -0.381 e. The van der Waals surface area contributed by atoms with Gasteiger partial charge in [0.05, 0.1) is 11.2 Å². The van der Waals surface area contributed by atoms with Crippen molar-refractivity contribution in [3.05, 3.63) is 53.2 Å². The molecular formula is C15H15BrN4. The van der Waals surface area contributed by atoms with Crippen molar-refractivity contribution >= 4 is 32.5 Å². The number of fused-ring (bicyclic) bond motifs is 1. The molecule has 0 unspecified atom stereocenters. The number of aromatic nitrogens is 3. The maximum atomic E-state index is 4.49. The van der Waals surface area contributed by atoms with Crippen molar-refractivity contribution in [2.24, 2.45) is 0 Å². The topological polar surface area (TPSA) is 42.7 Å². The number of pyridine rings is 1. The third-order valence-corrected chi connectivity index (χ3v) is 3.70. The first-order valence-electron chi connectivity index (χ1n) is 6.50. The molecule has 1 N–H and O–H groups in total. The van der Waals surface area contributed by atoms with Crippen LogP contribution in [-0.2, 0) is 6.54 Å². The molecule has 0 aliphatic rings. The molecule has 3 rings (SSSR count). The first kappa shape index (κ1) is 13.1. The lowest BCUT2D eigenvalue weighted by Crippen LogP contribution is -2.11. The highest BCUT2D eigenvalue weighted by atomic mass is 79.9. The minimum atomic E-state index is 0.841. The zero-order valence-corrected chi connectivity index (χ0v) is 12.8. The van der Waals surface area contributed by atoms with E-state index in [1.807, 2.05) is 31.6 Å². The van der Waals surface area contributed by atoms with Crippen molar-refractivity contribution in [1.29, 1.82) is 0 Å². The molecule has 0 aliphatic heterocycles. The van der Waals surface area contributed by atoms with E-state index in [0.29, 0.717) is 0 Å². The summed E-state index contributed by atoms with van der Waals surface area (Å²) in [6, 6.07) is 8.25. The summed E-state index contributed by atoms with van der Waals surface area (Å²) >= 11 is 3.45. The lowest BCUT2D eigenvalue weighted by Gasteiger charge is -2.10. The molecule has 0 fully saturated rings. The van der Waals surface area contributed by atoms with Gasteiger partial charge in [-0.2, -0.15) is 0 Å². The Hall–Kier alpha value is -1.88. The van der Waals surface area contributed by atoms with Gasteiger partial charge in [-0.3, -0.25) is 4.98 Å². The second-order valence-electron chi connectivity index (χ2n) is 4.63. The van der Waals surface area contributed by atoms with E-state index < -0.39 is 0 Å². The second kappa shape index (κ2) is 5.63. The number of hydrogen-bond donors (Lipinski definition) is 1. The Kier molecular flexibility index (Phi) is 3.69. The fourth-order valence-corrected chi connectivity index (χ4v) is 2.58. The molecule has 0 amide bonds. The number of imidazole rings is 1. The van der Waals surface area contributed by atoms with E-state index in [9.17, 15) is 0 Å². The third-order valence-electron chi connectivity index (χ3n) is 3.27. The summed E-state index contributed by atoms with van der Waals surface area (Å²) < 4.78 is 3.12. The van der Waals surface area contributed by atoms with Crippen LogP contribution in [0.4, 0.5) is 5.69 Å². The summed E-state index contributed by atoms with van der Waals surface area (Å²) in [6.07, 6.45) is 5.65. The van der Waals surface area contributed by atoms with Gasteiger partial charge in [0.1, 0.15) is 5.82 Å². The largest absolute Gasteiger partial charge is 0.381 e. The van der Waals surface area contributed by atoms with Gasteiger partial charge in [-0.25, -0.2) is 4.98 Å². The molecule has 0 atom stereocenters. The number of nitrogens with zero attached hydrogens (tertiary/aromatic N) is 3. The van der Waals surface area contributed by atoms with Gasteiger partial charge in [-0.05, 0) is 35.0 Å². The van der Waals surface area contributed by atoms with Crippen molar-refractivity contribution in [1.82, 2.24) is 14.5 Å². The fourth-order valence-electron chi connectivity index (χ4n) is 2.23. The van der Waals surface area contributed by atoms with Crippen molar-refractivity contribution in [2.45, 2.75) is 13.5 Å². The zero-order chi connectivity index (χ0) is 13.9. The Balaban J connectivity index is 1.76. The molecule has 2 aromatic heterocycles. The third kappa shape index (κ3) is 2.67. The van der Waals surface area contributed by atoms with E-state index in [1.54, 1.807) is 0 Å². The zero-order valence-electron chi connectivity index (χ0n) is 11.2. The number of halogens is 1. The SMILES string of the molecule is Cc1nccn1CCNc1cccc2cc(Br)cnc12. The molecule has 0 aliphatic carbocycles. The van der Waals surface area contributed by atoms with Gasteiger partial charge >= 0.3 is 0 Å². The van der Waals surface area contributed by atoms with Crippen LogP contribution < -0.4 is 5.32 Å². The number of nitrogens with one attached hydrogen (secondary N) is 1. The Bertz CT molecular complexity index is 736. The van der Waals surface area contributed by atoms with Gasteiger partial charge in [-0.1, -0.05) is 12.1 Å². The van der Waals surface area contributed by atoms with Crippen LogP contribution in [0.1, 0.15) is 5.82 Å². The van der Waals surface area contributed by atoms with E-state index in [0.717, 1.165) is 40.0 Å². The van der Waals surface area contributed by atoms with Gasteiger partial charge in [0.25, 0.3) is 0 Å². The number of para-hydroxylation sites is 1. The van der Waals surface area contributed by atoms with Crippen LogP contribution in [0, 0.1) is 6.92 Å². The Morgan fingerprint density at radius 1 is 1.30 bits per heavy atom. The number of benzene rings is 1. The maximum Gasteiger partial charge on any atom is 0.105 e. The summed E-state index contributed by atoms with van der Waals surface area (Å²) in [4.78, 5) is 8.70. The van der Waals surface area contributed by atoms with Crippen LogP contribution in [0.15, 0.2) is 47.3 Å². The molecule has 0 saturated carbocycles. The molecule has 2 heterocycles. The van der Waals surface area contributed by atoms with Crippen molar-refractivity contribution in [3.63, 3.8) is 0 Å². The van der Waals surface area contributed by atoms with Crippen molar-refractivity contribution in [3.8, 4) is 0 Å². The lowest BCUT2D eigenvalue weighted by atomic mass is 10.2. The standard InChI is InChI=1S/C15H15BrN4/c1-11-17-5-7-20(11)8-6-18-14-4-2-3-12-9-13(16)10-19-15(12)14/h2-5,7,9-10,18H,6,8H2,1H3.